The first-order chi connectivity index (χ1) is 4.43. The highest BCUT2D eigenvalue weighted by molar-refractivity contribution is 7.42. The minimum absolute atomic E-state index is 1.00. The van der Waals surface area contributed by atoms with Crippen LogP contribution in [-0.2, 0) is 0 Å². The average molecular weight is 141 g/mol. The molecule has 1 heterocycles. The summed E-state index contributed by atoms with van der Waals surface area (Å²) in [5.74, 6) is 2.24. The van der Waals surface area contributed by atoms with Crippen LogP contribution >= 0.6 is 8.58 Å². The lowest BCUT2D eigenvalue weighted by Gasteiger charge is -2.06. The van der Waals surface area contributed by atoms with Gasteiger partial charge in [0.1, 0.15) is 0 Å². The highest BCUT2D eigenvalue weighted by Crippen LogP contribution is 2.20. The van der Waals surface area contributed by atoms with Gasteiger partial charge < -0.3 is 5.32 Å². The summed E-state index contributed by atoms with van der Waals surface area (Å²) >= 11 is 0. The molecule has 1 N–H and O–H groups in total. The molecule has 0 fully saturated rings. The molecule has 0 aliphatic carbocycles. The van der Waals surface area contributed by atoms with E-state index in [0.29, 0.717) is 0 Å². The summed E-state index contributed by atoms with van der Waals surface area (Å²) in [6.07, 6.45) is 5.61. The van der Waals surface area contributed by atoms with Gasteiger partial charge in [0.05, 0.1) is 0 Å². The van der Waals surface area contributed by atoms with Crippen molar-refractivity contribution in [2.45, 2.75) is 0 Å². The first-order valence-electron chi connectivity index (χ1n) is 3.16. The molecule has 1 aliphatic rings. The molecule has 0 amide bonds. The van der Waals surface area contributed by atoms with Crippen molar-refractivity contribution in [1.82, 2.24) is 5.32 Å². The zero-order valence-corrected chi connectivity index (χ0v) is 6.65. The number of nitrogens with one attached hydrogen (secondary N) is 1. The van der Waals surface area contributed by atoms with E-state index in [2.05, 4.69) is 23.3 Å². The van der Waals surface area contributed by atoms with E-state index >= 15 is 0 Å². The van der Waals surface area contributed by atoms with E-state index in [4.69, 9.17) is 0 Å². The van der Waals surface area contributed by atoms with Crippen LogP contribution in [0.4, 0.5) is 0 Å². The minimum Gasteiger partial charge on any atom is -0.316 e. The summed E-state index contributed by atoms with van der Waals surface area (Å²) < 4.78 is 0. The maximum absolute atomic E-state index is 3.14. The third kappa shape index (κ3) is 2.30. The third-order valence-corrected chi connectivity index (χ3v) is 2.37. The maximum Gasteiger partial charge on any atom is 0.0168 e. The standard InChI is InChI=1S/C7H12NP/c1-8-5-7-3-2-4-9-6-7/h2-4,8-9H,5-6H2,1H3. The SMILES string of the molecule is CNCC1=CC=CPC1. The summed E-state index contributed by atoms with van der Waals surface area (Å²) in [5.41, 5.74) is 1.53. The summed E-state index contributed by atoms with van der Waals surface area (Å²) in [5, 5.41) is 3.14. The normalized spacial score (nSPS) is 20.3. The van der Waals surface area contributed by atoms with Crippen molar-refractivity contribution < 1.29 is 0 Å². The second-order valence-corrected chi connectivity index (χ2v) is 3.19. The molecule has 0 aromatic heterocycles. The topological polar surface area (TPSA) is 12.0 Å². The van der Waals surface area contributed by atoms with Gasteiger partial charge in [0.15, 0.2) is 0 Å². The van der Waals surface area contributed by atoms with E-state index in [1.54, 1.807) is 0 Å². The number of allylic oxidation sites excluding steroid dienone is 2. The zero-order chi connectivity index (χ0) is 6.53. The molecular weight excluding hydrogens is 129 g/mol. The fourth-order valence-corrected chi connectivity index (χ4v) is 1.70. The van der Waals surface area contributed by atoms with Crippen molar-refractivity contribution in [1.29, 1.82) is 0 Å². The van der Waals surface area contributed by atoms with Crippen LogP contribution in [0.2, 0.25) is 0 Å². The highest BCUT2D eigenvalue weighted by atomic mass is 31.1. The van der Waals surface area contributed by atoms with Crippen molar-refractivity contribution in [2.24, 2.45) is 0 Å². The van der Waals surface area contributed by atoms with Gasteiger partial charge in [-0.05, 0) is 13.2 Å². The van der Waals surface area contributed by atoms with Crippen LogP contribution in [0.15, 0.2) is 23.5 Å². The smallest absolute Gasteiger partial charge is 0.0168 e. The van der Waals surface area contributed by atoms with Crippen molar-refractivity contribution in [3.05, 3.63) is 23.5 Å². The molecule has 0 spiro atoms. The summed E-state index contributed by atoms with van der Waals surface area (Å²) in [7, 11) is 2.99. The first kappa shape index (κ1) is 6.98. The molecule has 0 aromatic rings. The minimum atomic E-state index is 1.00. The van der Waals surface area contributed by atoms with E-state index in [9.17, 15) is 0 Å². The van der Waals surface area contributed by atoms with Crippen molar-refractivity contribution in [3.63, 3.8) is 0 Å². The summed E-state index contributed by atoms with van der Waals surface area (Å²) in [4.78, 5) is 0. The fourth-order valence-electron chi connectivity index (χ4n) is 0.850. The van der Waals surface area contributed by atoms with E-state index in [-0.39, 0.29) is 0 Å². The Bertz CT molecular complexity index is 138. The van der Waals surface area contributed by atoms with Gasteiger partial charge in [-0.15, -0.1) is 0 Å². The predicted octanol–water partition coefficient (Wildman–Crippen LogP) is 1.34. The van der Waals surface area contributed by atoms with Gasteiger partial charge in [-0.25, -0.2) is 0 Å². The molecule has 0 aromatic carbocycles. The van der Waals surface area contributed by atoms with Gasteiger partial charge in [0, 0.05) is 6.54 Å². The molecule has 0 saturated heterocycles. The van der Waals surface area contributed by atoms with Crippen molar-refractivity contribution >= 4 is 8.58 Å². The third-order valence-electron chi connectivity index (χ3n) is 1.28. The largest absolute Gasteiger partial charge is 0.316 e. The van der Waals surface area contributed by atoms with Crippen molar-refractivity contribution in [2.75, 3.05) is 19.8 Å². The number of likely N-dealkylation sites (N-methyl/N-ethyl adjacent to an activating group) is 1. The second kappa shape index (κ2) is 3.81. The van der Waals surface area contributed by atoms with Gasteiger partial charge in [-0.3, -0.25) is 0 Å². The van der Waals surface area contributed by atoms with Crippen LogP contribution in [0.3, 0.4) is 0 Å². The maximum atomic E-state index is 3.14. The van der Waals surface area contributed by atoms with E-state index in [1.165, 1.54) is 11.7 Å². The molecule has 0 saturated carbocycles. The average Bonchev–Trinajstić information content (AvgIpc) is 1.91. The Morgan fingerprint density at radius 1 is 1.78 bits per heavy atom. The number of rotatable bonds is 2. The molecule has 9 heavy (non-hydrogen) atoms. The van der Waals surface area contributed by atoms with Crippen molar-refractivity contribution in [3.8, 4) is 0 Å². The monoisotopic (exact) mass is 141 g/mol. The van der Waals surface area contributed by atoms with Crippen LogP contribution in [0.5, 0.6) is 0 Å². The quantitative estimate of drug-likeness (QED) is 0.572. The molecule has 1 rings (SSSR count). The predicted molar refractivity (Wildman–Crippen MR) is 44.3 cm³/mol. The molecule has 1 atom stereocenters. The van der Waals surface area contributed by atoms with Gasteiger partial charge in [0.25, 0.3) is 0 Å². The molecule has 50 valence electrons. The Hall–Kier alpha value is -0.130. The Balaban J connectivity index is 2.38. The van der Waals surface area contributed by atoms with Crippen LogP contribution in [-0.4, -0.2) is 19.8 Å². The lowest BCUT2D eigenvalue weighted by Crippen LogP contribution is -2.11. The fraction of sp³-hybridized carbons (Fsp3) is 0.429. The lowest BCUT2D eigenvalue weighted by atomic mass is 10.3. The molecule has 2 heteroatoms. The molecular formula is C7H12NP. The molecule has 1 aliphatic heterocycles. The van der Waals surface area contributed by atoms with E-state index in [0.717, 1.165) is 15.1 Å². The Kier molecular flexibility index (Phi) is 2.96. The Labute approximate surface area is 58.0 Å². The Morgan fingerprint density at radius 3 is 3.22 bits per heavy atom. The molecule has 1 nitrogen and oxygen atoms in total. The highest BCUT2D eigenvalue weighted by Gasteiger charge is 1.95. The molecule has 0 bridgehead atoms. The van der Waals surface area contributed by atoms with Gasteiger partial charge in [0.2, 0.25) is 0 Å². The van der Waals surface area contributed by atoms with Gasteiger partial charge >= 0.3 is 0 Å². The van der Waals surface area contributed by atoms with E-state index < -0.39 is 0 Å². The van der Waals surface area contributed by atoms with Crippen LogP contribution in [0, 0.1) is 0 Å². The van der Waals surface area contributed by atoms with Crippen LogP contribution < -0.4 is 5.32 Å². The second-order valence-electron chi connectivity index (χ2n) is 2.10. The van der Waals surface area contributed by atoms with Gasteiger partial charge in [-0.1, -0.05) is 32.1 Å². The Morgan fingerprint density at radius 2 is 2.67 bits per heavy atom. The van der Waals surface area contributed by atoms with Crippen LogP contribution in [0.25, 0.3) is 0 Å². The zero-order valence-electron chi connectivity index (χ0n) is 5.65. The first-order valence-corrected chi connectivity index (χ1v) is 4.44. The summed E-state index contributed by atoms with van der Waals surface area (Å²) in [6.45, 7) is 1.05. The van der Waals surface area contributed by atoms with Crippen LogP contribution in [0.1, 0.15) is 0 Å². The number of hydrogen-bond donors (Lipinski definition) is 1. The van der Waals surface area contributed by atoms with Gasteiger partial charge in [-0.2, -0.15) is 0 Å². The molecule has 0 radical (unpaired) electrons. The molecule has 1 unspecified atom stereocenters. The summed E-state index contributed by atoms with van der Waals surface area (Å²) in [6, 6.07) is 0. The van der Waals surface area contributed by atoms with E-state index in [1.807, 2.05) is 7.05 Å². The lowest BCUT2D eigenvalue weighted by molar-refractivity contribution is 0.882. The number of hydrogen-bond acceptors (Lipinski definition) is 1.